The van der Waals surface area contributed by atoms with Crippen molar-refractivity contribution in [2.75, 3.05) is 5.32 Å². The van der Waals surface area contributed by atoms with Crippen molar-refractivity contribution in [1.82, 2.24) is 4.98 Å². The van der Waals surface area contributed by atoms with Gasteiger partial charge in [0, 0.05) is 17.1 Å². The van der Waals surface area contributed by atoms with E-state index in [9.17, 15) is 4.79 Å². The molecule has 1 atom stereocenters. The average Bonchev–Trinajstić information content (AvgIpc) is 2.62. The maximum Gasteiger partial charge on any atom is 0.222 e. The fraction of sp³-hybridized carbons (Fsp3) is 0.182. The van der Waals surface area contributed by atoms with Crippen molar-refractivity contribution in [3.05, 3.63) is 30.5 Å². The van der Waals surface area contributed by atoms with Gasteiger partial charge in [-0.15, -0.1) is 0 Å². The Bertz CT molecular complexity index is 447. The van der Waals surface area contributed by atoms with Crippen LogP contribution in [0.25, 0.3) is 10.9 Å². The summed E-state index contributed by atoms with van der Waals surface area (Å²) in [6.45, 7) is 1.77. The molecule has 0 unspecified atom stereocenters. The van der Waals surface area contributed by atoms with Crippen LogP contribution in [0.3, 0.4) is 0 Å². The lowest BCUT2D eigenvalue weighted by molar-refractivity contribution is 0.549. The average molecular weight is 187 g/mol. The van der Waals surface area contributed by atoms with Gasteiger partial charge < -0.3 is 10.3 Å². The van der Waals surface area contributed by atoms with Crippen LogP contribution in [0.1, 0.15) is 6.92 Å². The Morgan fingerprint density at radius 2 is 2.21 bits per heavy atom. The van der Waals surface area contributed by atoms with E-state index in [1.54, 1.807) is 6.92 Å². The van der Waals surface area contributed by atoms with Gasteiger partial charge in [0.1, 0.15) is 0 Å². The van der Waals surface area contributed by atoms with Crippen molar-refractivity contribution in [1.29, 1.82) is 0 Å². The van der Waals surface area contributed by atoms with Crippen molar-refractivity contribution in [3.63, 3.8) is 0 Å². The van der Waals surface area contributed by atoms with Gasteiger partial charge in [0.2, 0.25) is 6.29 Å². The predicted molar refractivity (Wildman–Crippen MR) is 57.1 cm³/mol. The predicted octanol–water partition coefficient (Wildman–Crippen LogP) is 2.08. The first-order valence-electron chi connectivity index (χ1n) is 4.51. The molecule has 0 bridgehead atoms. The highest BCUT2D eigenvalue weighted by atomic mass is 16.1. The zero-order valence-electron chi connectivity index (χ0n) is 7.87. The molecular weight excluding hydrogens is 176 g/mol. The molecule has 0 aliphatic heterocycles. The SMILES string of the molecule is C[C@@H]([C]=O)Nc1c[nH]c2ccccc12. The molecule has 3 heteroatoms. The van der Waals surface area contributed by atoms with E-state index in [-0.39, 0.29) is 6.04 Å². The largest absolute Gasteiger partial charge is 0.373 e. The van der Waals surface area contributed by atoms with E-state index >= 15 is 0 Å². The number of aromatic amines is 1. The minimum absolute atomic E-state index is 0.283. The number of benzene rings is 1. The third-order valence-electron chi connectivity index (χ3n) is 2.14. The summed E-state index contributed by atoms with van der Waals surface area (Å²) in [6, 6.07) is 7.66. The Kier molecular flexibility index (Phi) is 2.23. The number of fused-ring (bicyclic) bond motifs is 1. The summed E-state index contributed by atoms with van der Waals surface area (Å²) >= 11 is 0. The highest BCUT2D eigenvalue weighted by Crippen LogP contribution is 2.22. The fourth-order valence-electron chi connectivity index (χ4n) is 1.45. The highest BCUT2D eigenvalue weighted by molar-refractivity contribution is 5.93. The zero-order chi connectivity index (χ0) is 9.97. The Morgan fingerprint density at radius 1 is 1.43 bits per heavy atom. The van der Waals surface area contributed by atoms with E-state index in [1.165, 1.54) is 0 Å². The van der Waals surface area contributed by atoms with Crippen molar-refractivity contribution >= 4 is 22.9 Å². The molecule has 0 aliphatic rings. The molecule has 0 spiro atoms. The van der Waals surface area contributed by atoms with Gasteiger partial charge in [-0.1, -0.05) is 18.2 Å². The first-order chi connectivity index (χ1) is 6.81. The van der Waals surface area contributed by atoms with E-state index in [2.05, 4.69) is 10.3 Å². The molecular formula is C11H11N2O. The van der Waals surface area contributed by atoms with E-state index in [4.69, 9.17) is 0 Å². The second kappa shape index (κ2) is 3.54. The zero-order valence-corrected chi connectivity index (χ0v) is 7.87. The second-order valence-electron chi connectivity index (χ2n) is 3.23. The number of nitrogens with one attached hydrogen (secondary N) is 2. The molecule has 2 N–H and O–H groups in total. The molecule has 1 heterocycles. The maximum absolute atomic E-state index is 10.4. The first kappa shape index (κ1) is 8.81. The van der Waals surface area contributed by atoms with Gasteiger partial charge in [0.05, 0.1) is 11.7 Å². The molecule has 0 aliphatic carbocycles. The lowest BCUT2D eigenvalue weighted by Gasteiger charge is -2.05. The van der Waals surface area contributed by atoms with Crippen LogP contribution >= 0.6 is 0 Å². The standard InChI is InChI=1S/C11H11N2O/c1-8(7-14)13-11-6-12-10-5-3-2-4-9(10)11/h2-6,8,12-13H,1H3/t8-/m0/s1. The Hall–Kier alpha value is -1.77. The van der Waals surface area contributed by atoms with Crippen LogP contribution < -0.4 is 5.32 Å². The van der Waals surface area contributed by atoms with E-state index in [0.29, 0.717) is 0 Å². The number of rotatable bonds is 3. The van der Waals surface area contributed by atoms with E-state index in [0.717, 1.165) is 16.6 Å². The molecule has 2 rings (SSSR count). The minimum Gasteiger partial charge on any atom is -0.373 e. The first-order valence-corrected chi connectivity index (χ1v) is 4.51. The van der Waals surface area contributed by atoms with E-state index < -0.39 is 0 Å². The van der Waals surface area contributed by atoms with Crippen molar-refractivity contribution in [3.8, 4) is 0 Å². The van der Waals surface area contributed by atoms with Crippen molar-refractivity contribution < 1.29 is 4.79 Å². The van der Waals surface area contributed by atoms with Crippen LogP contribution in [-0.2, 0) is 4.79 Å². The summed E-state index contributed by atoms with van der Waals surface area (Å²) in [7, 11) is 0. The molecule has 3 nitrogen and oxygen atoms in total. The summed E-state index contributed by atoms with van der Waals surface area (Å²) in [5.41, 5.74) is 2.00. The monoisotopic (exact) mass is 187 g/mol. The van der Waals surface area contributed by atoms with Gasteiger partial charge in [-0.05, 0) is 13.0 Å². The summed E-state index contributed by atoms with van der Waals surface area (Å²) in [4.78, 5) is 13.5. The molecule has 0 saturated carbocycles. The van der Waals surface area contributed by atoms with Crippen molar-refractivity contribution in [2.24, 2.45) is 0 Å². The van der Waals surface area contributed by atoms with Crippen LogP contribution in [0.2, 0.25) is 0 Å². The second-order valence-corrected chi connectivity index (χ2v) is 3.23. The van der Waals surface area contributed by atoms with E-state index in [1.807, 2.05) is 36.7 Å². The maximum atomic E-state index is 10.4. The van der Waals surface area contributed by atoms with Gasteiger partial charge in [-0.3, -0.25) is 4.79 Å². The van der Waals surface area contributed by atoms with Crippen LogP contribution in [0.4, 0.5) is 5.69 Å². The fourth-order valence-corrected chi connectivity index (χ4v) is 1.45. The highest BCUT2D eigenvalue weighted by Gasteiger charge is 2.05. The third-order valence-corrected chi connectivity index (χ3v) is 2.14. The van der Waals surface area contributed by atoms with Gasteiger partial charge >= 0.3 is 0 Å². The summed E-state index contributed by atoms with van der Waals surface area (Å²) < 4.78 is 0. The normalized spacial score (nSPS) is 12.6. The molecule has 14 heavy (non-hydrogen) atoms. The molecule has 0 fully saturated rings. The number of hydrogen-bond donors (Lipinski definition) is 2. The van der Waals surface area contributed by atoms with Crippen LogP contribution in [-0.4, -0.2) is 17.3 Å². The minimum atomic E-state index is -0.283. The van der Waals surface area contributed by atoms with Gasteiger partial charge in [-0.25, -0.2) is 0 Å². The lowest BCUT2D eigenvalue weighted by Crippen LogP contribution is -2.15. The molecule has 0 saturated heterocycles. The van der Waals surface area contributed by atoms with Gasteiger partial charge in [0.25, 0.3) is 0 Å². The number of H-pyrrole nitrogens is 1. The van der Waals surface area contributed by atoms with Crippen LogP contribution in [0.15, 0.2) is 30.5 Å². The Labute approximate surface area is 82.1 Å². The molecule has 1 aromatic heterocycles. The quantitative estimate of drug-likeness (QED) is 0.772. The lowest BCUT2D eigenvalue weighted by atomic mass is 10.2. The Balaban J connectivity index is 2.38. The number of aromatic nitrogens is 1. The molecule has 2 aromatic rings. The Morgan fingerprint density at radius 3 is 3.00 bits per heavy atom. The summed E-state index contributed by atoms with van der Waals surface area (Å²) in [5, 5.41) is 4.15. The topological polar surface area (TPSA) is 44.9 Å². The third kappa shape index (κ3) is 1.48. The number of para-hydroxylation sites is 1. The number of hydrogen-bond acceptors (Lipinski definition) is 2. The van der Waals surface area contributed by atoms with Gasteiger partial charge in [-0.2, -0.15) is 0 Å². The van der Waals surface area contributed by atoms with Crippen LogP contribution in [0, 0.1) is 0 Å². The molecule has 1 aromatic carbocycles. The summed E-state index contributed by atoms with van der Waals surface area (Å²) in [6.07, 6.45) is 3.75. The van der Waals surface area contributed by atoms with Crippen molar-refractivity contribution in [2.45, 2.75) is 13.0 Å². The molecule has 1 radical (unpaired) electrons. The summed E-state index contributed by atoms with van der Waals surface area (Å²) in [5.74, 6) is 0. The van der Waals surface area contributed by atoms with Gasteiger partial charge in [0.15, 0.2) is 0 Å². The molecule has 71 valence electrons. The van der Waals surface area contributed by atoms with Crippen LogP contribution in [0.5, 0.6) is 0 Å². The number of anilines is 1. The molecule has 0 amide bonds. The smallest absolute Gasteiger partial charge is 0.222 e. The number of carbonyl (C=O) groups excluding carboxylic acids is 1.